The molecule has 110 valence electrons. The van der Waals surface area contributed by atoms with Gasteiger partial charge >= 0.3 is 5.97 Å². The number of carboxylic acid groups (broad SMARTS) is 1. The van der Waals surface area contributed by atoms with E-state index in [0.29, 0.717) is 23.9 Å². The summed E-state index contributed by atoms with van der Waals surface area (Å²) in [4.78, 5) is 11.4. The van der Waals surface area contributed by atoms with Gasteiger partial charge in [-0.1, -0.05) is 12.1 Å². The Bertz CT molecular complexity index is 617. The highest BCUT2D eigenvalue weighted by Crippen LogP contribution is 2.32. The van der Waals surface area contributed by atoms with Crippen molar-refractivity contribution in [1.82, 2.24) is 4.31 Å². The Balaban J connectivity index is 2.39. The van der Waals surface area contributed by atoms with E-state index in [2.05, 4.69) is 15.9 Å². The van der Waals surface area contributed by atoms with Crippen LogP contribution in [0.5, 0.6) is 0 Å². The van der Waals surface area contributed by atoms with Crippen LogP contribution in [0.15, 0.2) is 33.6 Å². The van der Waals surface area contributed by atoms with E-state index in [0.717, 1.165) is 0 Å². The molecule has 0 amide bonds. The SMILES string of the molecule is C[C@@H]1[C@H](C(=O)O)CCCN1S(=O)(=O)c1ccccc1Br. The first-order valence-electron chi connectivity index (χ1n) is 6.35. The number of piperidine rings is 1. The van der Waals surface area contributed by atoms with Gasteiger partial charge in [-0.3, -0.25) is 4.79 Å². The van der Waals surface area contributed by atoms with Gasteiger partial charge in [0, 0.05) is 17.1 Å². The van der Waals surface area contributed by atoms with Crippen LogP contribution >= 0.6 is 15.9 Å². The number of carboxylic acids is 1. The number of benzene rings is 1. The lowest BCUT2D eigenvalue weighted by Crippen LogP contribution is -2.49. The minimum Gasteiger partial charge on any atom is -0.481 e. The third kappa shape index (κ3) is 2.75. The molecule has 0 aliphatic carbocycles. The van der Waals surface area contributed by atoms with Crippen LogP contribution in [0, 0.1) is 5.92 Å². The van der Waals surface area contributed by atoms with Gasteiger partial charge in [-0.25, -0.2) is 8.42 Å². The second-order valence-corrected chi connectivity index (χ2v) is 7.59. The van der Waals surface area contributed by atoms with Crippen LogP contribution in [0.1, 0.15) is 19.8 Å². The number of halogens is 1. The summed E-state index contributed by atoms with van der Waals surface area (Å²) in [6.07, 6.45) is 1.07. The number of hydrogen-bond acceptors (Lipinski definition) is 3. The predicted molar refractivity (Wildman–Crippen MR) is 77.9 cm³/mol. The van der Waals surface area contributed by atoms with E-state index in [1.54, 1.807) is 25.1 Å². The molecule has 0 unspecified atom stereocenters. The van der Waals surface area contributed by atoms with Crippen LogP contribution in [-0.2, 0) is 14.8 Å². The van der Waals surface area contributed by atoms with E-state index in [1.165, 1.54) is 10.4 Å². The molecule has 5 nitrogen and oxygen atoms in total. The average molecular weight is 362 g/mol. The lowest BCUT2D eigenvalue weighted by atomic mass is 9.92. The van der Waals surface area contributed by atoms with Crippen molar-refractivity contribution in [1.29, 1.82) is 0 Å². The first-order valence-corrected chi connectivity index (χ1v) is 8.58. The molecule has 0 radical (unpaired) electrons. The number of nitrogens with zero attached hydrogens (tertiary/aromatic N) is 1. The van der Waals surface area contributed by atoms with Gasteiger partial charge in [0.25, 0.3) is 0 Å². The highest BCUT2D eigenvalue weighted by Gasteiger charge is 2.39. The summed E-state index contributed by atoms with van der Waals surface area (Å²) >= 11 is 3.24. The van der Waals surface area contributed by atoms with Gasteiger partial charge in [0.05, 0.1) is 10.8 Å². The maximum absolute atomic E-state index is 12.7. The summed E-state index contributed by atoms with van der Waals surface area (Å²) in [5.41, 5.74) is 0. The topological polar surface area (TPSA) is 74.7 Å². The van der Waals surface area contributed by atoms with Gasteiger partial charge in [-0.2, -0.15) is 4.31 Å². The molecule has 0 aromatic heterocycles. The highest BCUT2D eigenvalue weighted by molar-refractivity contribution is 9.10. The van der Waals surface area contributed by atoms with Gasteiger partial charge in [0.15, 0.2) is 0 Å². The molecular formula is C13H16BrNO4S. The lowest BCUT2D eigenvalue weighted by molar-refractivity contribution is -0.144. The fourth-order valence-corrected chi connectivity index (χ4v) is 5.23. The molecule has 0 spiro atoms. The van der Waals surface area contributed by atoms with Crippen LogP contribution in [0.3, 0.4) is 0 Å². The van der Waals surface area contributed by atoms with Crippen LogP contribution in [-0.4, -0.2) is 36.4 Å². The third-order valence-corrected chi connectivity index (χ3v) is 6.67. The number of carbonyl (C=O) groups is 1. The molecule has 0 saturated carbocycles. The van der Waals surface area contributed by atoms with E-state index in [4.69, 9.17) is 0 Å². The normalized spacial score (nSPS) is 24.5. The second kappa shape index (κ2) is 5.83. The Morgan fingerprint density at radius 2 is 2.05 bits per heavy atom. The molecule has 7 heteroatoms. The molecule has 1 aromatic rings. The van der Waals surface area contributed by atoms with Crippen molar-refractivity contribution in [3.8, 4) is 0 Å². The van der Waals surface area contributed by atoms with Crippen molar-refractivity contribution in [2.24, 2.45) is 5.92 Å². The molecule has 1 aromatic carbocycles. The van der Waals surface area contributed by atoms with Crippen molar-refractivity contribution in [3.05, 3.63) is 28.7 Å². The minimum atomic E-state index is -3.69. The van der Waals surface area contributed by atoms with E-state index in [-0.39, 0.29) is 4.90 Å². The Kier molecular flexibility index (Phi) is 4.51. The molecule has 2 atom stereocenters. The van der Waals surface area contributed by atoms with Crippen molar-refractivity contribution < 1.29 is 18.3 Å². The van der Waals surface area contributed by atoms with Crippen molar-refractivity contribution in [2.45, 2.75) is 30.7 Å². The highest BCUT2D eigenvalue weighted by atomic mass is 79.9. The lowest BCUT2D eigenvalue weighted by Gasteiger charge is -2.36. The van der Waals surface area contributed by atoms with E-state index >= 15 is 0 Å². The van der Waals surface area contributed by atoms with E-state index in [1.807, 2.05) is 0 Å². The molecular weight excluding hydrogens is 346 g/mol. The van der Waals surface area contributed by atoms with E-state index in [9.17, 15) is 18.3 Å². The maximum atomic E-state index is 12.7. The monoisotopic (exact) mass is 361 g/mol. The number of sulfonamides is 1. The third-order valence-electron chi connectivity index (χ3n) is 3.67. The van der Waals surface area contributed by atoms with Gasteiger partial charge in [-0.05, 0) is 47.8 Å². The van der Waals surface area contributed by atoms with Gasteiger partial charge < -0.3 is 5.11 Å². The van der Waals surface area contributed by atoms with Crippen molar-refractivity contribution in [2.75, 3.05) is 6.54 Å². The Morgan fingerprint density at radius 1 is 1.40 bits per heavy atom. The fraction of sp³-hybridized carbons (Fsp3) is 0.462. The molecule has 20 heavy (non-hydrogen) atoms. The molecule has 1 heterocycles. The fourth-order valence-electron chi connectivity index (χ4n) is 2.56. The summed E-state index contributed by atoms with van der Waals surface area (Å²) in [7, 11) is -3.69. The zero-order valence-corrected chi connectivity index (χ0v) is 13.4. The van der Waals surface area contributed by atoms with Gasteiger partial charge in [0.1, 0.15) is 0 Å². The summed E-state index contributed by atoms with van der Waals surface area (Å²) < 4.78 is 27.2. The summed E-state index contributed by atoms with van der Waals surface area (Å²) in [5.74, 6) is -1.59. The number of hydrogen-bond donors (Lipinski definition) is 1. The largest absolute Gasteiger partial charge is 0.481 e. The van der Waals surface area contributed by atoms with Crippen molar-refractivity contribution >= 4 is 31.9 Å². The standard InChI is InChI=1S/C13H16BrNO4S/c1-9-10(13(16)17)5-4-8-15(9)20(18,19)12-7-3-2-6-11(12)14/h2-3,6-7,9-10H,4-5,8H2,1H3,(H,16,17)/t9-,10-/m1/s1. The van der Waals surface area contributed by atoms with Crippen LogP contribution in [0.25, 0.3) is 0 Å². The maximum Gasteiger partial charge on any atom is 0.308 e. The van der Waals surface area contributed by atoms with Gasteiger partial charge in [-0.15, -0.1) is 0 Å². The summed E-state index contributed by atoms with van der Waals surface area (Å²) in [6.45, 7) is 2.01. The molecule has 0 bridgehead atoms. The van der Waals surface area contributed by atoms with Crippen molar-refractivity contribution in [3.63, 3.8) is 0 Å². The van der Waals surface area contributed by atoms with Crippen LogP contribution < -0.4 is 0 Å². The van der Waals surface area contributed by atoms with Gasteiger partial charge in [0.2, 0.25) is 10.0 Å². The molecule has 1 fully saturated rings. The first kappa shape index (κ1) is 15.5. The summed E-state index contributed by atoms with van der Waals surface area (Å²) in [6, 6.07) is 6.04. The number of rotatable bonds is 3. The molecule has 1 N–H and O–H groups in total. The Hall–Kier alpha value is -0.920. The number of aliphatic carboxylic acids is 1. The molecule has 1 aliphatic rings. The average Bonchev–Trinajstić information content (AvgIpc) is 2.38. The zero-order valence-electron chi connectivity index (χ0n) is 11.0. The second-order valence-electron chi connectivity index (χ2n) is 4.87. The first-order chi connectivity index (χ1) is 9.35. The van der Waals surface area contributed by atoms with E-state index < -0.39 is 28.0 Å². The Morgan fingerprint density at radius 3 is 2.65 bits per heavy atom. The quantitative estimate of drug-likeness (QED) is 0.896. The predicted octanol–water partition coefficient (Wildman–Crippen LogP) is 2.32. The molecule has 1 saturated heterocycles. The van der Waals surface area contributed by atoms with Crippen LogP contribution in [0.2, 0.25) is 0 Å². The Labute approximate surface area is 126 Å². The molecule has 2 rings (SSSR count). The summed E-state index contributed by atoms with van der Waals surface area (Å²) in [5, 5.41) is 9.19. The zero-order chi connectivity index (χ0) is 14.9. The minimum absolute atomic E-state index is 0.179. The van der Waals surface area contributed by atoms with Crippen LogP contribution in [0.4, 0.5) is 0 Å². The smallest absolute Gasteiger partial charge is 0.308 e. The molecule has 1 aliphatic heterocycles.